The number of benzene rings is 3. The van der Waals surface area contributed by atoms with Gasteiger partial charge in [-0.3, -0.25) is 4.79 Å². The number of hydrogen-bond donors (Lipinski definition) is 0. The summed E-state index contributed by atoms with van der Waals surface area (Å²) in [6, 6.07) is 19.6. The van der Waals surface area contributed by atoms with Gasteiger partial charge in [0.05, 0.1) is 11.0 Å². The van der Waals surface area contributed by atoms with Crippen LogP contribution in [0.25, 0.3) is 21.8 Å². The van der Waals surface area contributed by atoms with Gasteiger partial charge in [0, 0.05) is 10.8 Å². The van der Waals surface area contributed by atoms with Crippen molar-refractivity contribution in [3.8, 4) is 5.75 Å². The number of ether oxygens (including phenoxy) is 1. The molecule has 1 heterocycles. The quantitative estimate of drug-likeness (QED) is 0.321. The molecular weight excluding hydrogens is 333 g/mol. The molecule has 4 aromatic rings. The average molecular weight is 347 g/mol. The zero-order valence-corrected chi connectivity index (χ0v) is 13.7. The third-order valence-electron chi connectivity index (χ3n) is 4.21. The van der Waals surface area contributed by atoms with Gasteiger partial charge in [0.25, 0.3) is 0 Å². The Hall–Kier alpha value is -3.47. The summed E-state index contributed by atoms with van der Waals surface area (Å²) in [5.41, 5.74) is 1.25. The number of para-hydroxylation sites is 2. The highest BCUT2D eigenvalue weighted by molar-refractivity contribution is 5.94. The van der Waals surface area contributed by atoms with Gasteiger partial charge in [-0.1, -0.05) is 24.3 Å². The molecule has 0 spiro atoms. The van der Waals surface area contributed by atoms with Crippen LogP contribution in [0.5, 0.6) is 5.75 Å². The van der Waals surface area contributed by atoms with Gasteiger partial charge in [-0.25, -0.2) is 9.18 Å². The summed E-state index contributed by atoms with van der Waals surface area (Å²) < 4.78 is 20.0. The first-order valence-corrected chi connectivity index (χ1v) is 8.10. The lowest BCUT2D eigenvalue weighted by Crippen LogP contribution is -2.19. The summed E-state index contributed by atoms with van der Waals surface area (Å²) in [5.74, 6) is -0.635. The second-order valence-corrected chi connectivity index (χ2v) is 5.88. The van der Waals surface area contributed by atoms with Crippen molar-refractivity contribution in [3.05, 3.63) is 88.8 Å². The molecule has 5 heteroatoms. The van der Waals surface area contributed by atoms with E-state index in [4.69, 9.17) is 4.74 Å². The Morgan fingerprint density at radius 3 is 1.96 bits per heavy atom. The zero-order chi connectivity index (χ0) is 18.1. The van der Waals surface area contributed by atoms with Crippen LogP contribution in [0.4, 0.5) is 4.39 Å². The first kappa shape index (κ1) is 16.0. The highest BCUT2D eigenvalue weighted by Gasteiger charge is 2.14. The van der Waals surface area contributed by atoms with Gasteiger partial charge in [0.2, 0.25) is 0 Å². The van der Waals surface area contributed by atoms with E-state index in [2.05, 4.69) is 0 Å². The molecule has 0 saturated heterocycles. The van der Waals surface area contributed by atoms with Crippen molar-refractivity contribution >= 4 is 27.8 Å². The normalized spacial score (nSPS) is 11.0. The van der Waals surface area contributed by atoms with Crippen molar-refractivity contribution in [2.45, 2.75) is 6.54 Å². The maximum atomic E-state index is 13.0. The average Bonchev–Trinajstić information content (AvgIpc) is 2.67. The molecule has 0 unspecified atom stereocenters. The standard InChI is InChI=1S/C21H14FNO3/c22-14-9-11-15(12-10-14)26-20(24)13-23-18-7-3-1-5-16(18)21(25)17-6-2-4-8-19(17)23/h1-12H,13H2. The van der Waals surface area contributed by atoms with E-state index in [9.17, 15) is 14.0 Å². The van der Waals surface area contributed by atoms with E-state index < -0.39 is 11.8 Å². The Morgan fingerprint density at radius 2 is 1.38 bits per heavy atom. The number of esters is 1. The molecule has 4 nitrogen and oxygen atoms in total. The van der Waals surface area contributed by atoms with Gasteiger partial charge in [0.15, 0.2) is 5.43 Å². The molecule has 0 aliphatic rings. The van der Waals surface area contributed by atoms with Crippen molar-refractivity contribution in [1.29, 1.82) is 0 Å². The summed E-state index contributed by atoms with van der Waals surface area (Å²) in [4.78, 5) is 25.1. The van der Waals surface area contributed by atoms with Gasteiger partial charge in [-0.2, -0.15) is 0 Å². The molecule has 0 amide bonds. The monoisotopic (exact) mass is 347 g/mol. The predicted molar refractivity (Wildman–Crippen MR) is 97.7 cm³/mol. The Kier molecular flexibility index (Phi) is 3.97. The van der Waals surface area contributed by atoms with Crippen LogP contribution in [0.15, 0.2) is 77.6 Å². The molecule has 128 valence electrons. The number of fused-ring (bicyclic) bond motifs is 2. The number of carbonyl (C=O) groups excluding carboxylic acids is 1. The fourth-order valence-electron chi connectivity index (χ4n) is 3.04. The largest absolute Gasteiger partial charge is 0.425 e. The number of halogens is 1. The molecule has 1 aromatic heterocycles. The number of rotatable bonds is 3. The van der Waals surface area contributed by atoms with Crippen molar-refractivity contribution in [1.82, 2.24) is 4.57 Å². The molecule has 0 saturated carbocycles. The van der Waals surface area contributed by atoms with E-state index in [1.165, 1.54) is 24.3 Å². The van der Waals surface area contributed by atoms with E-state index in [0.717, 1.165) is 0 Å². The van der Waals surface area contributed by atoms with Gasteiger partial charge in [0.1, 0.15) is 18.1 Å². The van der Waals surface area contributed by atoms with E-state index in [0.29, 0.717) is 21.8 Å². The number of nitrogens with zero attached hydrogens (tertiary/aromatic N) is 1. The SMILES string of the molecule is O=C(Cn1c2ccccc2c(=O)c2ccccc21)Oc1ccc(F)cc1. The Labute approximate surface area is 148 Å². The highest BCUT2D eigenvalue weighted by atomic mass is 19.1. The van der Waals surface area contributed by atoms with E-state index >= 15 is 0 Å². The van der Waals surface area contributed by atoms with E-state index in [-0.39, 0.29) is 17.7 Å². The molecule has 0 aliphatic heterocycles. The predicted octanol–water partition coefficient (Wildman–Crippen LogP) is 3.90. The summed E-state index contributed by atoms with van der Waals surface area (Å²) >= 11 is 0. The summed E-state index contributed by atoms with van der Waals surface area (Å²) in [7, 11) is 0. The van der Waals surface area contributed by atoms with Crippen LogP contribution in [0.3, 0.4) is 0 Å². The van der Waals surface area contributed by atoms with Crippen LogP contribution < -0.4 is 10.2 Å². The molecule has 0 fully saturated rings. The maximum Gasteiger partial charge on any atom is 0.331 e. The van der Waals surface area contributed by atoms with Crippen molar-refractivity contribution in [2.75, 3.05) is 0 Å². The second-order valence-electron chi connectivity index (χ2n) is 5.88. The number of carbonyl (C=O) groups is 1. The zero-order valence-electron chi connectivity index (χ0n) is 13.7. The van der Waals surface area contributed by atoms with E-state index in [1.54, 1.807) is 41.0 Å². The van der Waals surface area contributed by atoms with Crippen LogP contribution in [0, 0.1) is 5.82 Å². The minimum atomic E-state index is -0.504. The molecule has 0 bridgehead atoms. The fourth-order valence-corrected chi connectivity index (χ4v) is 3.04. The minimum Gasteiger partial charge on any atom is -0.425 e. The minimum absolute atomic E-state index is 0.0700. The van der Waals surface area contributed by atoms with Crippen molar-refractivity contribution in [2.24, 2.45) is 0 Å². The Balaban J connectivity index is 1.79. The van der Waals surface area contributed by atoms with Crippen LogP contribution in [-0.4, -0.2) is 10.5 Å². The fraction of sp³-hybridized carbons (Fsp3) is 0.0476. The molecule has 0 radical (unpaired) electrons. The number of hydrogen-bond acceptors (Lipinski definition) is 3. The molecule has 0 atom stereocenters. The lowest BCUT2D eigenvalue weighted by molar-refractivity contribution is -0.134. The Morgan fingerprint density at radius 1 is 0.846 bits per heavy atom. The van der Waals surface area contributed by atoms with Crippen LogP contribution in [0.2, 0.25) is 0 Å². The lowest BCUT2D eigenvalue weighted by Gasteiger charge is -2.14. The maximum absolute atomic E-state index is 13.0. The Bertz CT molecular complexity index is 1120. The summed E-state index contributed by atoms with van der Waals surface area (Å²) in [6.07, 6.45) is 0. The van der Waals surface area contributed by atoms with Gasteiger partial charge in [-0.15, -0.1) is 0 Å². The van der Waals surface area contributed by atoms with Gasteiger partial charge >= 0.3 is 5.97 Å². The highest BCUT2D eigenvalue weighted by Crippen LogP contribution is 2.19. The van der Waals surface area contributed by atoms with Gasteiger partial charge in [-0.05, 0) is 48.5 Å². The third-order valence-corrected chi connectivity index (χ3v) is 4.21. The first-order valence-electron chi connectivity index (χ1n) is 8.10. The van der Waals surface area contributed by atoms with Crippen molar-refractivity contribution < 1.29 is 13.9 Å². The molecule has 0 N–H and O–H groups in total. The molecular formula is C21H14FNO3. The first-order chi connectivity index (χ1) is 12.6. The smallest absolute Gasteiger partial charge is 0.331 e. The molecule has 3 aromatic carbocycles. The molecule has 0 aliphatic carbocycles. The number of aromatic nitrogens is 1. The summed E-state index contributed by atoms with van der Waals surface area (Å²) in [5, 5.41) is 1.08. The van der Waals surface area contributed by atoms with Crippen LogP contribution in [0.1, 0.15) is 0 Å². The second kappa shape index (κ2) is 6.44. The molecule has 26 heavy (non-hydrogen) atoms. The van der Waals surface area contributed by atoms with Crippen LogP contribution >= 0.6 is 0 Å². The lowest BCUT2D eigenvalue weighted by atomic mass is 10.1. The topological polar surface area (TPSA) is 48.3 Å². The van der Waals surface area contributed by atoms with E-state index in [1.807, 2.05) is 12.1 Å². The molecule has 4 rings (SSSR count). The third kappa shape index (κ3) is 2.84. The summed E-state index contributed by atoms with van der Waals surface area (Å²) in [6.45, 7) is -0.0708. The number of pyridine rings is 1. The van der Waals surface area contributed by atoms with Gasteiger partial charge < -0.3 is 9.30 Å². The van der Waals surface area contributed by atoms with Crippen LogP contribution in [-0.2, 0) is 11.3 Å². The van der Waals surface area contributed by atoms with Crippen molar-refractivity contribution in [3.63, 3.8) is 0 Å².